The normalized spacial score (nSPS) is 20.6. The van der Waals surface area contributed by atoms with Crippen LogP contribution >= 0.6 is 0 Å². The highest BCUT2D eigenvalue weighted by Gasteiger charge is 2.55. The van der Waals surface area contributed by atoms with Crippen molar-refractivity contribution < 1.29 is 19.2 Å². The molecule has 0 aliphatic carbocycles. The Bertz CT molecular complexity index is 540. The summed E-state index contributed by atoms with van der Waals surface area (Å²) >= 11 is 0. The molecule has 2 fully saturated rings. The molecular weight excluding hydrogens is 312 g/mol. The number of primary amides is 2. The standard InChI is InChI=1S/C16H26N4O4/c1-2-3-13(22)19-8-6-16(7-9-19)10-20(15(16)24)11(14(18)23)4-5-12(17)21/h11H,2-10H2,1H3,(H2,17,21)(H2,18,23). The van der Waals surface area contributed by atoms with E-state index in [1.165, 1.54) is 4.90 Å². The molecular formula is C16H26N4O4. The van der Waals surface area contributed by atoms with Gasteiger partial charge < -0.3 is 21.3 Å². The van der Waals surface area contributed by atoms with Crippen LogP contribution in [0.25, 0.3) is 0 Å². The first kappa shape index (κ1) is 18.2. The van der Waals surface area contributed by atoms with Gasteiger partial charge in [-0.3, -0.25) is 19.2 Å². The van der Waals surface area contributed by atoms with Crippen molar-refractivity contribution in [2.24, 2.45) is 16.9 Å². The molecule has 2 saturated heterocycles. The average molecular weight is 338 g/mol. The first-order valence-corrected chi connectivity index (χ1v) is 8.47. The van der Waals surface area contributed by atoms with Gasteiger partial charge in [0.2, 0.25) is 23.6 Å². The predicted octanol–water partition coefficient (Wildman–Crippen LogP) is -0.643. The van der Waals surface area contributed by atoms with Crippen molar-refractivity contribution in [1.29, 1.82) is 0 Å². The Balaban J connectivity index is 1.93. The van der Waals surface area contributed by atoms with E-state index in [9.17, 15) is 19.2 Å². The highest BCUT2D eigenvalue weighted by atomic mass is 16.2. The number of likely N-dealkylation sites (tertiary alicyclic amines) is 2. The highest BCUT2D eigenvalue weighted by Crippen LogP contribution is 2.43. The molecule has 2 rings (SSSR count). The molecule has 24 heavy (non-hydrogen) atoms. The van der Waals surface area contributed by atoms with Crippen LogP contribution in [0, 0.1) is 5.41 Å². The van der Waals surface area contributed by atoms with Gasteiger partial charge in [0.25, 0.3) is 0 Å². The SMILES string of the molecule is CCCC(=O)N1CCC2(CC1)CN(C(CCC(N)=O)C(N)=O)C2=O. The van der Waals surface area contributed by atoms with Gasteiger partial charge in [0.05, 0.1) is 5.41 Å². The lowest BCUT2D eigenvalue weighted by Crippen LogP contribution is -2.69. The third kappa shape index (κ3) is 3.52. The first-order chi connectivity index (χ1) is 11.3. The van der Waals surface area contributed by atoms with E-state index in [1.54, 1.807) is 0 Å². The van der Waals surface area contributed by atoms with Crippen LogP contribution in [0.15, 0.2) is 0 Å². The maximum Gasteiger partial charge on any atom is 0.240 e. The van der Waals surface area contributed by atoms with Crippen LogP contribution in [-0.4, -0.2) is 59.1 Å². The molecule has 1 spiro atoms. The molecule has 8 nitrogen and oxygen atoms in total. The summed E-state index contributed by atoms with van der Waals surface area (Å²) in [5, 5.41) is 0. The largest absolute Gasteiger partial charge is 0.370 e. The summed E-state index contributed by atoms with van der Waals surface area (Å²) in [5.41, 5.74) is 10.00. The fourth-order valence-corrected chi connectivity index (χ4v) is 3.59. The number of hydrogen-bond donors (Lipinski definition) is 2. The minimum Gasteiger partial charge on any atom is -0.370 e. The second kappa shape index (κ2) is 7.19. The summed E-state index contributed by atoms with van der Waals surface area (Å²) in [7, 11) is 0. The fourth-order valence-electron chi connectivity index (χ4n) is 3.59. The molecule has 4 N–H and O–H groups in total. The Labute approximate surface area is 141 Å². The van der Waals surface area contributed by atoms with E-state index in [0.29, 0.717) is 38.9 Å². The smallest absolute Gasteiger partial charge is 0.240 e. The average Bonchev–Trinajstić information content (AvgIpc) is 2.54. The van der Waals surface area contributed by atoms with Crippen molar-refractivity contribution in [2.75, 3.05) is 19.6 Å². The lowest BCUT2D eigenvalue weighted by Gasteiger charge is -2.54. The maximum absolute atomic E-state index is 12.6. The number of carbonyl (C=O) groups is 4. The van der Waals surface area contributed by atoms with Crippen LogP contribution in [-0.2, 0) is 19.2 Å². The molecule has 0 bridgehead atoms. The molecule has 1 unspecified atom stereocenters. The Morgan fingerprint density at radius 3 is 2.25 bits per heavy atom. The minimum atomic E-state index is -0.782. The van der Waals surface area contributed by atoms with Crippen LogP contribution in [0.3, 0.4) is 0 Å². The maximum atomic E-state index is 12.6. The Morgan fingerprint density at radius 1 is 1.17 bits per heavy atom. The van der Waals surface area contributed by atoms with Gasteiger partial charge in [-0.05, 0) is 25.7 Å². The van der Waals surface area contributed by atoms with E-state index in [0.717, 1.165) is 6.42 Å². The molecule has 0 aromatic carbocycles. The number of carbonyl (C=O) groups excluding carboxylic acids is 4. The molecule has 0 radical (unpaired) electrons. The monoisotopic (exact) mass is 338 g/mol. The third-order valence-electron chi connectivity index (χ3n) is 5.09. The molecule has 1 atom stereocenters. The molecule has 8 heteroatoms. The molecule has 4 amide bonds. The molecule has 2 aliphatic rings. The summed E-state index contributed by atoms with van der Waals surface area (Å²) < 4.78 is 0. The van der Waals surface area contributed by atoms with E-state index in [2.05, 4.69) is 0 Å². The van der Waals surface area contributed by atoms with E-state index in [4.69, 9.17) is 11.5 Å². The van der Waals surface area contributed by atoms with Crippen LogP contribution in [0.1, 0.15) is 45.4 Å². The Morgan fingerprint density at radius 2 is 1.79 bits per heavy atom. The summed E-state index contributed by atoms with van der Waals surface area (Å²) in [6, 6.07) is -0.782. The van der Waals surface area contributed by atoms with Crippen molar-refractivity contribution in [3.63, 3.8) is 0 Å². The molecule has 134 valence electrons. The molecule has 0 aromatic heterocycles. The van der Waals surface area contributed by atoms with Crippen molar-refractivity contribution in [2.45, 2.75) is 51.5 Å². The number of nitrogens with zero attached hydrogens (tertiary/aromatic N) is 2. The minimum absolute atomic E-state index is 0.0175. The van der Waals surface area contributed by atoms with Crippen molar-refractivity contribution in [3.05, 3.63) is 0 Å². The second-order valence-corrected chi connectivity index (χ2v) is 6.77. The summed E-state index contributed by atoms with van der Waals surface area (Å²) in [5.74, 6) is -1.10. The number of rotatable bonds is 7. The van der Waals surface area contributed by atoms with Gasteiger partial charge in [-0.15, -0.1) is 0 Å². The van der Waals surface area contributed by atoms with Gasteiger partial charge in [0.1, 0.15) is 6.04 Å². The number of β-lactam (4-membered cyclic amide) rings is 1. The molecule has 0 aromatic rings. The number of nitrogens with two attached hydrogens (primary N) is 2. The predicted molar refractivity (Wildman–Crippen MR) is 86.3 cm³/mol. The number of amides is 4. The van der Waals surface area contributed by atoms with Gasteiger partial charge >= 0.3 is 0 Å². The molecule has 2 heterocycles. The summed E-state index contributed by atoms with van der Waals surface area (Å²) in [4.78, 5) is 50.3. The van der Waals surface area contributed by atoms with Gasteiger partial charge in [-0.1, -0.05) is 6.92 Å². The number of piperidine rings is 1. The van der Waals surface area contributed by atoms with Gasteiger partial charge in [-0.2, -0.15) is 0 Å². The molecule has 0 saturated carbocycles. The highest BCUT2D eigenvalue weighted by molar-refractivity contribution is 5.94. The lowest BCUT2D eigenvalue weighted by atomic mass is 9.70. The van der Waals surface area contributed by atoms with Crippen molar-refractivity contribution in [1.82, 2.24) is 9.80 Å². The third-order valence-corrected chi connectivity index (χ3v) is 5.09. The van der Waals surface area contributed by atoms with Gasteiger partial charge in [0.15, 0.2) is 0 Å². The van der Waals surface area contributed by atoms with E-state index < -0.39 is 23.3 Å². The zero-order valence-corrected chi connectivity index (χ0v) is 14.1. The first-order valence-electron chi connectivity index (χ1n) is 8.47. The van der Waals surface area contributed by atoms with Crippen molar-refractivity contribution >= 4 is 23.6 Å². The fraction of sp³-hybridized carbons (Fsp3) is 0.750. The Hall–Kier alpha value is -2.12. The Kier molecular flexibility index (Phi) is 5.46. The lowest BCUT2D eigenvalue weighted by molar-refractivity contribution is -0.173. The van der Waals surface area contributed by atoms with Crippen molar-refractivity contribution in [3.8, 4) is 0 Å². The van der Waals surface area contributed by atoms with E-state index >= 15 is 0 Å². The van der Waals surface area contributed by atoms with Crippen LogP contribution in [0.4, 0.5) is 0 Å². The summed E-state index contributed by atoms with van der Waals surface area (Å²) in [6.45, 7) is 3.56. The second-order valence-electron chi connectivity index (χ2n) is 6.77. The van der Waals surface area contributed by atoms with Gasteiger partial charge in [-0.25, -0.2) is 0 Å². The topological polar surface area (TPSA) is 127 Å². The van der Waals surface area contributed by atoms with E-state index in [-0.39, 0.29) is 24.7 Å². The zero-order valence-electron chi connectivity index (χ0n) is 14.1. The summed E-state index contributed by atoms with van der Waals surface area (Å²) in [6.07, 6.45) is 2.74. The quantitative estimate of drug-likeness (QED) is 0.598. The number of hydrogen-bond acceptors (Lipinski definition) is 4. The van der Waals surface area contributed by atoms with Crippen LogP contribution in [0.2, 0.25) is 0 Å². The zero-order chi connectivity index (χ0) is 17.9. The van der Waals surface area contributed by atoms with E-state index in [1.807, 2.05) is 11.8 Å². The molecule has 2 aliphatic heterocycles. The van der Waals surface area contributed by atoms with Crippen LogP contribution < -0.4 is 11.5 Å². The van der Waals surface area contributed by atoms with Gasteiger partial charge in [0, 0.05) is 32.5 Å². The van der Waals surface area contributed by atoms with Crippen LogP contribution in [0.5, 0.6) is 0 Å².